The molecule has 0 fully saturated rings. The molecule has 0 spiro atoms. The fraction of sp³-hybridized carbons (Fsp3) is 0.192. The highest BCUT2D eigenvalue weighted by Gasteiger charge is 2.29. The van der Waals surface area contributed by atoms with E-state index >= 15 is 0 Å². The van der Waals surface area contributed by atoms with Gasteiger partial charge in [-0.25, -0.2) is 0 Å². The summed E-state index contributed by atoms with van der Waals surface area (Å²) in [5, 5.41) is 9.04. The third-order valence-electron chi connectivity index (χ3n) is 4.54. The molecule has 3 aromatic carbocycles. The number of aliphatic carboxylic acids is 1. The smallest absolute Gasteiger partial charge is 0.416 e. The molecule has 7 heteroatoms. The van der Waals surface area contributed by atoms with Gasteiger partial charge < -0.3 is 14.6 Å². The molecule has 0 atom stereocenters. The summed E-state index contributed by atoms with van der Waals surface area (Å²) in [6.45, 7) is 3.74. The minimum atomic E-state index is -4.39. The van der Waals surface area contributed by atoms with Crippen LogP contribution >= 0.6 is 0 Å². The van der Waals surface area contributed by atoms with Crippen molar-refractivity contribution in [2.24, 2.45) is 0 Å². The zero-order valence-corrected chi connectivity index (χ0v) is 18.0. The second-order valence-electron chi connectivity index (χ2n) is 7.44. The molecule has 0 bridgehead atoms. The Hall–Kier alpha value is -3.92. The van der Waals surface area contributed by atoms with Crippen molar-refractivity contribution in [1.82, 2.24) is 0 Å². The van der Waals surface area contributed by atoms with Crippen molar-refractivity contribution in [3.63, 3.8) is 0 Å². The molecule has 0 aromatic heterocycles. The van der Waals surface area contributed by atoms with Crippen LogP contribution in [-0.2, 0) is 17.4 Å². The molecule has 0 saturated heterocycles. The van der Waals surface area contributed by atoms with E-state index in [1.165, 1.54) is 12.1 Å². The number of carbonyl (C=O) groups is 1. The molecule has 33 heavy (non-hydrogen) atoms. The predicted octanol–water partition coefficient (Wildman–Crippen LogP) is 6.17. The van der Waals surface area contributed by atoms with Gasteiger partial charge in [0.1, 0.15) is 12.4 Å². The van der Waals surface area contributed by atoms with Crippen LogP contribution in [0.1, 0.15) is 27.8 Å². The van der Waals surface area contributed by atoms with E-state index in [9.17, 15) is 18.0 Å². The topological polar surface area (TPSA) is 55.8 Å². The van der Waals surface area contributed by atoms with Crippen molar-refractivity contribution in [3.05, 3.63) is 88.5 Å². The number of rotatable bonds is 6. The molecular weight excluding hydrogens is 433 g/mol. The summed E-state index contributed by atoms with van der Waals surface area (Å²) in [5.41, 5.74) is 2.13. The molecule has 0 aliphatic rings. The zero-order chi connectivity index (χ0) is 24.0. The molecule has 3 rings (SSSR count). The molecule has 3 aromatic rings. The van der Waals surface area contributed by atoms with Gasteiger partial charge in [-0.05, 0) is 79.1 Å². The third kappa shape index (κ3) is 7.04. The van der Waals surface area contributed by atoms with Gasteiger partial charge in [0, 0.05) is 5.56 Å². The van der Waals surface area contributed by atoms with Gasteiger partial charge in [0.25, 0.3) is 0 Å². The largest absolute Gasteiger partial charge is 0.481 e. The Kier molecular flexibility index (Phi) is 7.29. The Morgan fingerprint density at radius 2 is 1.67 bits per heavy atom. The number of halogens is 3. The van der Waals surface area contributed by atoms with Crippen LogP contribution < -0.4 is 9.47 Å². The molecule has 0 heterocycles. The lowest BCUT2D eigenvalue weighted by molar-refractivity contribution is -0.138. The van der Waals surface area contributed by atoms with E-state index in [4.69, 9.17) is 14.6 Å². The van der Waals surface area contributed by atoms with Crippen molar-refractivity contribution >= 4 is 5.97 Å². The second-order valence-corrected chi connectivity index (χ2v) is 7.44. The SMILES string of the molecule is Cc1cc(CC(=O)O)cc(Oc2ccc(C)cc2OCC#Cc2ccc(C(F)(F)F)cc2)c1. The van der Waals surface area contributed by atoms with Gasteiger partial charge in [-0.3, -0.25) is 4.79 Å². The summed E-state index contributed by atoms with van der Waals surface area (Å²) in [6.07, 6.45) is -4.50. The molecule has 0 unspecified atom stereocenters. The Labute approximate surface area is 189 Å². The number of carboxylic acid groups (broad SMARTS) is 1. The van der Waals surface area contributed by atoms with E-state index in [1.54, 1.807) is 30.3 Å². The number of aryl methyl sites for hydroxylation is 2. The first-order valence-electron chi connectivity index (χ1n) is 10.00. The van der Waals surface area contributed by atoms with E-state index in [-0.39, 0.29) is 13.0 Å². The van der Waals surface area contributed by atoms with Crippen LogP contribution in [0.25, 0.3) is 0 Å². The van der Waals surface area contributed by atoms with Crippen LogP contribution in [0.4, 0.5) is 13.2 Å². The summed E-state index contributed by atoms with van der Waals surface area (Å²) in [6, 6.07) is 15.2. The molecule has 0 aliphatic heterocycles. The maximum absolute atomic E-state index is 12.6. The van der Waals surface area contributed by atoms with Crippen molar-refractivity contribution in [1.29, 1.82) is 0 Å². The van der Waals surface area contributed by atoms with E-state index < -0.39 is 17.7 Å². The molecule has 1 N–H and O–H groups in total. The van der Waals surface area contributed by atoms with Gasteiger partial charge in [-0.15, -0.1) is 0 Å². The van der Waals surface area contributed by atoms with E-state index in [0.29, 0.717) is 28.4 Å². The van der Waals surface area contributed by atoms with Crippen LogP contribution in [0.15, 0.2) is 60.7 Å². The number of ether oxygens (including phenoxy) is 2. The van der Waals surface area contributed by atoms with E-state index in [0.717, 1.165) is 23.3 Å². The first-order valence-corrected chi connectivity index (χ1v) is 10.00. The monoisotopic (exact) mass is 454 g/mol. The van der Waals surface area contributed by atoms with Gasteiger partial charge in [0.05, 0.1) is 12.0 Å². The number of hydrogen-bond acceptors (Lipinski definition) is 3. The molecule has 0 aliphatic carbocycles. The van der Waals surface area contributed by atoms with E-state index in [1.807, 2.05) is 19.9 Å². The minimum Gasteiger partial charge on any atom is -0.481 e. The summed E-state index contributed by atoms with van der Waals surface area (Å²) < 4.78 is 49.6. The minimum absolute atomic E-state index is 0.00107. The Balaban J connectivity index is 1.72. The fourth-order valence-corrected chi connectivity index (χ4v) is 3.09. The van der Waals surface area contributed by atoms with E-state index in [2.05, 4.69) is 11.8 Å². The average Bonchev–Trinajstić information content (AvgIpc) is 2.72. The van der Waals surface area contributed by atoms with Crippen molar-refractivity contribution in [2.45, 2.75) is 26.4 Å². The van der Waals surface area contributed by atoms with Crippen molar-refractivity contribution in [3.8, 4) is 29.1 Å². The quantitative estimate of drug-likeness (QED) is 0.453. The highest BCUT2D eigenvalue weighted by molar-refractivity contribution is 5.70. The first-order chi connectivity index (χ1) is 15.6. The predicted molar refractivity (Wildman–Crippen MR) is 118 cm³/mol. The lowest BCUT2D eigenvalue weighted by atomic mass is 10.1. The molecule has 0 radical (unpaired) electrons. The van der Waals surface area contributed by atoms with Gasteiger partial charge in [0.2, 0.25) is 0 Å². The van der Waals surface area contributed by atoms with Crippen molar-refractivity contribution < 1.29 is 32.5 Å². The van der Waals surface area contributed by atoms with Crippen molar-refractivity contribution in [2.75, 3.05) is 6.61 Å². The van der Waals surface area contributed by atoms with Gasteiger partial charge >= 0.3 is 12.1 Å². The highest BCUT2D eigenvalue weighted by atomic mass is 19.4. The summed E-state index contributed by atoms with van der Waals surface area (Å²) >= 11 is 0. The first kappa shape index (κ1) is 23.7. The van der Waals surface area contributed by atoms with Crippen LogP contribution in [0.5, 0.6) is 17.2 Å². The zero-order valence-electron chi connectivity index (χ0n) is 18.0. The number of carboxylic acids is 1. The fourth-order valence-electron chi connectivity index (χ4n) is 3.09. The summed E-state index contributed by atoms with van der Waals surface area (Å²) in [5.74, 6) is 5.98. The Bertz CT molecular complexity index is 1200. The lowest BCUT2D eigenvalue weighted by Crippen LogP contribution is -2.04. The van der Waals surface area contributed by atoms with Crippen LogP contribution in [0.2, 0.25) is 0 Å². The maximum Gasteiger partial charge on any atom is 0.416 e. The van der Waals surface area contributed by atoms with Crippen LogP contribution in [0.3, 0.4) is 0 Å². The summed E-state index contributed by atoms with van der Waals surface area (Å²) in [4.78, 5) is 11.0. The molecule has 170 valence electrons. The Morgan fingerprint density at radius 1 is 0.939 bits per heavy atom. The molecule has 4 nitrogen and oxygen atoms in total. The Morgan fingerprint density at radius 3 is 2.33 bits per heavy atom. The van der Waals surface area contributed by atoms with Gasteiger partial charge in [-0.2, -0.15) is 13.2 Å². The number of hydrogen-bond donors (Lipinski definition) is 1. The molecule has 0 amide bonds. The highest BCUT2D eigenvalue weighted by Crippen LogP contribution is 2.33. The summed E-state index contributed by atoms with van der Waals surface area (Å²) in [7, 11) is 0. The standard InChI is InChI=1S/C26H21F3O4/c1-17-5-10-23(33-22-13-18(2)12-20(15-22)16-25(30)31)24(14-17)32-11-3-4-19-6-8-21(9-7-19)26(27,28)29/h5-10,12-15H,11,16H2,1-2H3,(H,30,31). The lowest BCUT2D eigenvalue weighted by Gasteiger charge is -2.13. The average molecular weight is 454 g/mol. The maximum atomic E-state index is 12.6. The number of benzene rings is 3. The van der Waals surface area contributed by atoms with Gasteiger partial charge in [-0.1, -0.05) is 24.0 Å². The molecule has 0 saturated carbocycles. The van der Waals surface area contributed by atoms with Crippen LogP contribution in [-0.4, -0.2) is 17.7 Å². The third-order valence-corrected chi connectivity index (χ3v) is 4.54. The van der Waals surface area contributed by atoms with Crippen LogP contribution in [0, 0.1) is 25.7 Å². The number of alkyl halides is 3. The normalized spacial score (nSPS) is 10.8. The second kappa shape index (κ2) is 10.1. The molecular formula is C26H21F3O4. The van der Waals surface area contributed by atoms with Gasteiger partial charge in [0.15, 0.2) is 11.5 Å².